The third-order valence-corrected chi connectivity index (χ3v) is 2.29. The standard InChI is InChI=1S/C11H11NO2/c1-12-6-5-8-3-4-9(14-2)7-10(8)11(12)13/h3-7H,1-2H3. The van der Waals surface area contributed by atoms with Crippen molar-refractivity contribution in [2.45, 2.75) is 0 Å². The SMILES string of the molecule is COc1ccc2ccn(C)c(=O)c2c1. The average molecular weight is 189 g/mol. The molecule has 14 heavy (non-hydrogen) atoms. The number of hydrogen-bond donors (Lipinski definition) is 0. The first-order chi connectivity index (χ1) is 6.72. The van der Waals surface area contributed by atoms with Gasteiger partial charge in [-0.2, -0.15) is 0 Å². The van der Waals surface area contributed by atoms with E-state index in [1.807, 2.05) is 18.2 Å². The molecule has 0 atom stereocenters. The van der Waals surface area contributed by atoms with Crippen LogP contribution < -0.4 is 10.3 Å². The maximum atomic E-state index is 11.7. The lowest BCUT2D eigenvalue weighted by Crippen LogP contribution is -2.15. The molecule has 0 aliphatic rings. The van der Waals surface area contributed by atoms with E-state index < -0.39 is 0 Å². The van der Waals surface area contributed by atoms with Crippen molar-refractivity contribution in [2.75, 3.05) is 7.11 Å². The summed E-state index contributed by atoms with van der Waals surface area (Å²) in [6.07, 6.45) is 1.76. The van der Waals surface area contributed by atoms with E-state index in [-0.39, 0.29) is 5.56 Å². The van der Waals surface area contributed by atoms with Crippen molar-refractivity contribution in [1.82, 2.24) is 4.57 Å². The number of pyridine rings is 1. The molecule has 0 unspecified atom stereocenters. The van der Waals surface area contributed by atoms with Gasteiger partial charge in [0.2, 0.25) is 0 Å². The highest BCUT2D eigenvalue weighted by atomic mass is 16.5. The minimum absolute atomic E-state index is 0.00130. The Morgan fingerprint density at radius 3 is 2.79 bits per heavy atom. The van der Waals surface area contributed by atoms with Crippen LogP contribution in [0.5, 0.6) is 5.75 Å². The molecule has 0 amide bonds. The molecule has 0 saturated heterocycles. The van der Waals surface area contributed by atoms with Crippen molar-refractivity contribution in [3.63, 3.8) is 0 Å². The zero-order valence-electron chi connectivity index (χ0n) is 8.15. The molecule has 1 aromatic carbocycles. The van der Waals surface area contributed by atoms with Gasteiger partial charge in [-0.1, -0.05) is 6.07 Å². The summed E-state index contributed by atoms with van der Waals surface area (Å²) in [5, 5.41) is 1.63. The van der Waals surface area contributed by atoms with E-state index >= 15 is 0 Å². The van der Waals surface area contributed by atoms with Crippen LogP contribution in [0.3, 0.4) is 0 Å². The second-order valence-corrected chi connectivity index (χ2v) is 3.18. The highest BCUT2D eigenvalue weighted by molar-refractivity contribution is 5.82. The zero-order chi connectivity index (χ0) is 10.1. The molecule has 0 radical (unpaired) electrons. The highest BCUT2D eigenvalue weighted by Gasteiger charge is 2.01. The Hall–Kier alpha value is -1.77. The Morgan fingerprint density at radius 1 is 1.29 bits per heavy atom. The van der Waals surface area contributed by atoms with Gasteiger partial charge in [-0.15, -0.1) is 0 Å². The molecule has 1 aromatic heterocycles. The number of hydrogen-bond acceptors (Lipinski definition) is 2. The predicted octanol–water partition coefficient (Wildman–Crippen LogP) is 1.55. The van der Waals surface area contributed by atoms with E-state index in [2.05, 4.69) is 0 Å². The smallest absolute Gasteiger partial charge is 0.258 e. The van der Waals surface area contributed by atoms with Crippen LogP contribution in [0.15, 0.2) is 35.3 Å². The summed E-state index contributed by atoms with van der Waals surface area (Å²) in [7, 11) is 3.33. The first-order valence-electron chi connectivity index (χ1n) is 4.36. The van der Waals surface area contributed by atoms with Crippen LogP contribution in [0.4, 0.5) is 0 Å². The molecule has 2 aromatic rings. The summed E-state index contributed by atoms with van der Waals surface area (Å²) < 4.78 is 6.63. The van der Waals surface area contributed by atoms with E-state index in [1.165, 1.54) is 0 Å². The quantitative estimate of drug-likeness (QED) is 0.681. The second-order valence-electron chi connectivity index (χ2n) is 3.18. The summed E-state index contributed by atoms with van der Waals surface area (Å²) in [4.78, 5) is 11.7. The molecule has 1 heterocycles. The van der Waals surface area contributed by atoms with E-state index in [0.717, 1.165) is 5.39 Å². The van der Waals surface area contributed by atoms with Gasteiger partial charge in [0.25, 0.3) is 5.56 Å². The minimum Gasteiger partial charge on any atom is -0.497 e. The van der Waals surface area contributed by atoms with E-state index in [0.29, 0.717) is 11.1 Å². The molecule has 0 fully saturated rings. The van der Waals surface area contributed by atoms with Crippen molar-refractivity contribution in [1.29, 1.82) is 0 Å². The van der Waals surface area contributed by atoms with Gasteiger partial charge < -0.3 is 9.30 Å². The van der Waals surface area contributed by atoms with Crippen LogP contribution in [-0.4, -0.2) is 11.7 Å². The molecule has 0 bridgehead atoms. The Bertz CT molecular complexity index is 528. The molecule has 2 rings (SSSR count). The van der Waals surface area contributed by atoms with Gasteiger partial charge >= 0.3 is 0 Å². The van der Waals surface area contributed by atoms with Gasteiger partial charge in [0.1, 0.15) is 5.75 Å². The van der Waals surface area contributed by atoms with Gasteiger partial charge in [-0.25, -0.2) is 0 Å². The van der Waals surface area contributed by atoms with Crippen molar-refractivity contribution in [2.24, 2.45) is 7.05 Å². The van der Waals surface area contributed by atoms with Gasteiger partial charge in [0, 0.05) is 13.2 Å². The summed E-state index contributed by atoms with van der Waals surface area (Å²) >= 11 is 0. The predicted molar refractivity (Wildman–Crippen MR) is 55.7 cm³/mol. The molecule has 3 nitrogen and oxygen atoms in total. The fourth-order valence-corrected chi connectivity index (χ4v) is 1.44. The highest BCUT2D eigenvalue weighted by Crippen LogP contribution is 2.16. The Morgan fingerprint density at radius 2 is 2.07 bits per heavy atom. The summed E-state index contributed by atoms with van der Waals surface area (Å²) in [6, 6.07) is 7.41. The summed E-state index contributed by atoms with van der Waals surface area (Å²) in [5.74, 6) is 0.709. The minimum atomic E-state index is 0.00130. The van der Waals surface area contributed by atoms with Crippen molar-refractivity contribution in [3.8, 4) is 5.75 Å². The number of fused-ring (bicyclic) bond motifs is 1. The van der Waals surface area contributed by atoms with Crippen molar-refractivity contribution < 1.29 is 4.74 Å². The number of aryl methyl sites for hydroxylation is 1. The molecule has 0 aliphatic heterocycles. The Kier molecular flexibility index (Phi) is 2.00. The van der Waals surface area contributed by atoms with Crippen LogP contribution in [-0.2, 0) is 7.05 Å². The molecule has 0 spiro atoms. The Labute approximate surface area is 81.5 Å². The van der Waals surface area contributed by atoms with Crippen molar-refractivity contribution >= 4 is 10.8 Å². The zero-order valence-corrected chi connectivity index (χ0v) is 8.15. The van der Waals surface area contributed by atoms with Crippen LogP contribution in [0.1, 0.15) is 0 Å². The van der Waals surface area contributed by atoms with Crippen molar-refractivity contribution in [3.05, 3.63) is 40.8 Å². The van der Waals surface area contributed by atoms with Crippen LogP contribution in [0.2, 0.25) is 0 Å². The monoisotopic (exact) mass is 189 g/mol. The van der Waals surface area contributed by atoms with E-state index in [9.17, 15) is 4.79 Å². The molecule has 0 aliphatic carbocycles. The lowest BCUT2D eigenvalue weighted by atomic mass is 10.1. The average Bonchev–Trinajstić information content (AvgIpc) is 2.23. The topological polar surface area (TPSA) is 31.2 Å². The summed E-state index contributed by atoms with van der Waals surface area (Å²) in [6.45, 7) is 0. The van der Waals surface area contributed by atoms with Crippen LogP contribution in [0.25, 0.3) is 10.8 Å². The largest absolute Gasteiger partial charge is 0.497 e. The molecule has 72 valence electrons. The maximum Gasteiger partial charge on any atom is 0.258 e. The van der Waals surface area contributed by atoms with E-state index in [4.69, 9.17) is 4.74 Å². The lowest BCUT2D eigenvalue weighted by molar-refractivity contribution is 0.415. The number of methoxy groups -OCH3 is 1. The second kappa shape index (κ2) is 3.18. The van der Waals surface area contributed by atoms with E-state index in [1.54, 1.807) is 31.0 Å². The fraction of sp³-hybridized carbons (Fsp3) is 0.182. The molecule has 0 saturated carbocycles. The molecule has 3 heteroatoms. The molecule has 0 N–H and O–H groups in total. The van der Waals surface area contributed by atoms with Gasteiger partial charge in [0.05, 0.1) is 12.5 Å². The number of benzene rings is 1. The number of rotatable bonds is 1. The van der Waals surface area contributed by atoms with Crippen LogP contribution in [0, 0.1) is 0 Å². The number of aromatic nitrogens is 1. The van der Waals surface area contributed by atoms with Gasteiger partial charge in [0.15, 0.2) is 0 Å². The van der Waals surface area contributed by atoms with Gasteiger partial charge in [-0.3, -0.25) is 4.79 Å². The number of ether oxygens (including phenoxy) is 1. The lowest BCUT2D eigenvalue weighted by Gasteiger charge is -2.03. The maximum absolute atomic E-state index is 11.7. The third kappa shape index (κ3) is 1.27. The Balaban J connectivity index is 2.85. The molecular formula is C11H11NO2. The number of nitrogens with zero attached hydrogens (tertiary/aromatic N) is 1. The fourth-order valence-electron chi connectivity index (χ4n) is 1.44. The first kappa shape index (κ1) is 8.81. The third-order valence-electron chi connectivity index (χ3n) is 2.29. The normalized spacial score (nSPS) is 10.4. The molecular weight excluding hydrogens is 178 g/mol. The van der Waals surface area contributed by atoms with Crippen LogP contribution >= 0.6 is 0 Å². The van der Waals surface area contributed by atoms with Gasteiger partial charge in [-0.05, 0) is 23.6 Å². The summed E-state index contributed by atoms with van der Waals surface area (Å²) in [5.41, 5.74) is 0.00130. The first-order valence-corrected chi connectivity index (χ1v) is 4.36.